The fourth-order valence-corrected chi connectivity index (χ4v) is 2.06. The van der Waals surface area contributed by atoms with Gasteiger partial charge >= 0.3 is 0 Å². The predicted octanol–water partition coefficient (Wildman–Crippen LogP) is 2.84. The van der Waals surface area contributed by atoms with Crippen molar-refractivity contribution in [3.63, 3.8) is 0 Å². The molecule has 2 rings (SSSR count). The van der Waals surface area contributed by atoms with Crippen molar-refractivity contribution in [2.24, 2.45) is 0 Å². The number of anilines is 2. The van der Waals surface area contributed by atoms with E-state index in [0.717, 1.165) is 4.47 Å². The molecule has 0 saturated carbocycles. The molecule has 2 aromatic rings. The molecule has 0 spiro atoms. The summed E-state index contributed by atoms with van der Waals surface area (Å²) in [5.41, 5.74) is 13.6. The summed E-state index contributed by atoms with van der Waals surface area (Å²) in [6, 6.07) is 12.0. The molecule has 0 aliphatic heterocycles. The fourth-order valence-electron chi connectivity index (χ4n) is 1.54. The van der Waals surface area contributed by atoms with Crippen LogP contribution in [0.4, 0.5) is 11.4 Å². The van der Waals surface area contributed by atoms with E-state index in [2.05, 4.69) is 15.9 Å². The molecule has 86 valence electrons. The Morgan fingerprint density at radius 1 is 0.882 bits per heavy atom. The van der Waals surface area contributed by atoms with Gasteiger partial charge in [-0.15, -0.1) is 0 Å². The Morgan fingerprint density at radius 2 is 1.53 bits per heavy atom. The maximum absolute atomic E-state index is 12.1. The van der Waals surface area contributed by atoms with Gasteiger partial charge in [0, 0.05) is 27.0 Å². The van der Waals surface area contributed by atoms with E-state index in [4.69, 9.17) is 11.5 Å². The zero-order chi connectivity index (χ0) is 12.4. The third-order valence-electron chi connectivity index (χ3n) is 2.36. The van der Waals surface area contributed by atoms with Crippen LogP contribution in [-0.4, -0.2) is 5.78 Å². The van der Waals surface area contributed by atoms with Crippen molar-refractivity contribution in [2.45, 2.75) is 0 Å². The Kier molecular flexibility index (Phi) is 3.15. The molecule has 0 saturated heterocycles. The lowest BCUT2D eigenvalue weighted by atomic mass is 10.0. The van der Waals surface area contributed by atoms with E-state index >= 15 is 0 Å². The van der Waals surface area contributed by atoms with Crippen LogP contribution in [0.3, 0.4) is 0 Å². The average Bonchev–Trinajstić information content (AvgIpc) is 2.28. The van der Waals surface area contributed by atoms with Crippen molar-refractivity contribution in [3.8, 4) is 0 Å². The Bertz CT molecular complexity index is 544. The zero-order valence-electron chi connectivity index (χ0n) is 8.98. The lowest BCUT2D eigenvalue weighted by Gasteiger charge is -2.04. The number of ketones is 1. The second kappa shape index (κ2) is 4.59. The maximum atomic E-state index is 12.1. The van der Waals surface area contributed by atoms with E-state index < -0.39 is 0 Å². The van der Waals surface area contributed by atoms with Gasteiger partial charge in [0.05, 0.1) is 0 Å². The number of carbonyl (C=O) groups excluding carboxylic acids is 1. The molecule has 0 aromatic heterocycles. The van der Waals surface area contributed by atoms with E-state index in [1.807, 2.05) is 0 Å². The minimum Gasteiger partial charge on any atom is -0.399 e. The highest BCUT2D eigenvalue weighted by molar-refractivity contribution is 9.10. The van der Waals surface area contributed by atoms with Gasteiger partial charge in [-0.2, -0.15) is 0 Å². The van der Waals surface area contributed by atoms with Gasteiger partial charge in [-0.05, 0) is 42.5 Å². The van der Waals surface area contributed by atoms with Crippen LogP contribution in [0.5, 0.6) is 0 Å². The summed E-state index contributed by atoms with van der Waals surface area (Å²) in [4.78, 5) is 12.1. The van der Waals surface area contributed by atoms with E-state index in [-0.39, 0.29) is 5.78 Å². The summed E-state index contributed by atoms with van der Waals surface area (Å²) in [6.45, 7) is 0. The Labute approximate surface area is 108 Å². The first-order valence-corrected chi connectivity index (χ1v) is 5.82. The molecule has 0 fully saturated rings. The predicted molar refractivity (Wildman–Crippen MR) is 72.8 cm³/mol. The van der Waals surface area contributed by atoms with Crippen molar-refractivity contribution in [3.05, 3.63) is 58.1 Å². The molecule has 3 nitrogen and oxygen atoms in total. The summed E-state index contributed by atoms with van der Waals surface area (Å²) in [5.74, 6) is -0.0713. The van der Waals surface area contributed by atoms with Gasteiger partial charge in [0.15, 0.2) is 5.78 Å². The number of nitrogen functional groups attached to an aromatic ring is 2. The Hall–Kier alpha value is -1.81. The third-order valence-corrected chi connectivity index (χ3v) is 2.81. The molecule has 0 atom stereocenters. The molecular weight excluding hydrogens is 280 g/mol. The van der Waals surface area contributed by atoms with Gasteiger partial charge in [0.1, 0.15) is 0 Å². The molecular formula is C13H11BrN2O. The Balaban J connectivity index is 2.40. The number of benzene rings is 2. The number of nitrogens with two attached hydrogens (primary N) is 2. The highest BCUT2D eigenvalue weighted by Crippen LogP contribution is 2.20. The standard InChI is InChI=1S/C13H11BrN2O/c14-10-5-9(6-12(16)7-10)13(17)8-1-3-11(15)4-2-8/h1-7H,15-16H2. The molecule has 0 unspecified atom stereocenters. The molecule has 0 radical (unpaired) electrons. The van der Waals surface area contributed by atoms with Crippen molar-refractivity contribution in [1.82, 2.24) is 0 Å². The quantitative estimate of drug-likeness (QED) is 0.660. The average molecular weight is 291 g/mol. The summed E-state index contributed by atoms with van der Waals surface area (Å²) in [5, 5.41) is 0. The number of hydrogen-bond acceptors (Lipinski definition) is 3. The Morgan fingerprint density at radius 3 is 2.12 bits per heavy atom. The first-order valence-electron chi connectivity index (χ1n) is 5.02. The van der Waals surface area contributed by atoms with Gasteiger partial charge in [-0.3, -0.25) is 4.79 Å². The highest BCUT2D eigenvalue weighted by Gasteiger charge is 2.10. The topological polar surface area (TPSA) is 69.1 Å². The molecule has 4 heteroatoms. The SMILES string of the molecule is Nc1ccc(C(=O)c2cc(N)cc(Br)c2)cc1. The van der Waals surface area contributed by atoms with E-state index in [1.165, 1.54) is 0 Å². The number of halogens is 1. The van der Waals surface area contributed by atoms with Gasteiger partial charge in [-0.1, -0.05) is 15.9 Å². The minimum absolute atomic E-state index is 0.0713. The molecule has 0 heterocycles. The smallest absolute Gasteiger partial charge is 0.193 e. The summed E-state index contributed by atoms with van der Waals surface area (Å²) < 4.78 is 0.788. The summed E-state index contributed by atoms with van der Waals surface area (Å²) in [7, 11) is 0. The van der Waals surface area contributed by atoms with Crippen LogP contribution in [0.15, 0.2) is 46.9 Å². The van der Waals surface area contributed by atoms with Crippen LogP contribution in [-0.2, 0) is 0 Å². The largest absolute Gasteiger partial charge is 0.399 e. The first-order chi connectivity index (χ1) is 8.06. The molecule has 4 N–H and O–H groups in total. The van der Waals surface area contributed by atoms with Crippen molar-refractivity contribution < 1.29 is 4.79 Å². The molecule has 17 heavy (non-hydrogen) atoms. The lowest BCUT2D eigenvalue weighted by molar-refractivity contribution is 0.103. The summed E-state index contributed by atoms with van der Waals surface area (Å²) in [6.07, 6.45) is 0. The normalized spacial score (nSPS) is 10.2. The van der Waals surface area contributed by atoms with Crippen molar-refractivity contribution in [2.75, 3.05) is 11.5 Å². The second-order valence-electron chi connectivity index (χ2n) is 3.72. The molecule has 0 aliphatic rings. The molecule has 2 aromatic carbocycles. The van der Waals surface area contributed by atoms with Crippen LogP contribution in [0.2, 0.25) is 0 Å². The maximum Gasteiger partial charge on any atom is 0.193 e. The monoisotopic (exact) mass is 290 g/mol. The van der Waals surface area contributed by atoms with Crippen molar-refractivity contribution >= 4 is 33.1 Å². The first kappa shape index (κ1) is 11.7. The van der Waals surface area contributed by atoms with Gasteiger partial charge in [-0.25, -0.2) is 0 Å². The molecule has 0 aliphatic carbocycles. The third kappa shape index (κ3) is 2.65. The number of rotatable bonds is 2. The number of hydrogen-bond donors (Lipinski definition) is 2. The second-order valence-corrected chi connectivity index (χ2v) is 4.64. The fraction of sp³-hybridized carbons (Fsp3) is 0. The zero-order valence-corrected chi connectivity index (χ0v) is 10.6. The highest BCUT2D eigenvalue weighted by atomic mass is 79.9. The van der Waals surface area contributed by atoms with Crippen LogP contribution < -0.4 is 11.5 Å². The summed E-state index contributed by atoms with van der Waals surface area (Å²) >= 11 is 3.31. The lowest BCUT2D eigenvalue weighted by Crippen LogP contribution is -2.02. The van der Waals surface area contributed by atoms with Gasteiger partial charge in [0.2, 0.25) is 0 Å². The number of carbonyl (C=O) groups is 1. The van der Waals surface area contributed by atoms with Gasteiger partial charge < -0.3 is 11.5 Å². The van der Waals surface area contributed by atoms with Crippen LogP contribution in [0.1, 0.15) is 15.9 Å². The van der Waals surface area contributed by atoms with Crippen molar-refractivity contribution in [1.29, 1.82) is 0 Å². The van der Waals surface area contributed by atoms with E-state index in [1.54, 1.807) is 42.5 Å². The van der Waals surface area contributed by atoms with Crippen LogP contribution in [0, 0.1) is 0 Å². The van der Waals surface area contributed by atoms with E-state index in [9.17, 15) is 4.79 Å². The van der Waals surface area contributed by atoms with Crippen LogP contribution in [0.25, 0.3) is 0 Å². The minimum atomic E-state index is -0.0713. The molecule has 0 amide bonds. The van der Waals surface area contributed by atoms with E-state index in [0.29, 0.717) is 22.5 Å². The van der Waals surface area contributed by atoms with Gasteiger partial charge in [0.25, 0.3) is 0 Å². The van der Waals surface area contributed by atoms with Crippen LogP contribution >= 0.6 is 15.9 Å². The molecule has 0 bridgehead atoms.